The van der Waals surface area contributed by atoms with Crippen LogP contribution in [0.25, 0.3) is 6.08 Å². The van der Waals surface area contributed by atoms with Crippen LogP contribution in [0.3, 0.4) is 0 Å². The number of rotatable bonds is 8. The molecule has 4 heteroatoms. The molecule has 0 fully saturated rings. The molecule has 1 heterocycles. The molecule has 2 rings (SSSR count). The number of aryl methyl sites for hydroxylation is 1. The number of para-hydroxylation sites is 1. The Morgan fingerprint density at radius 1 is 1.14 bits per heavy atom. The average molecular weight is 285 g/mol. The number of carboxylic acids is 1. The van der Waals surface area contributed by atoms with Crippen molar-refractivity contribution in [2.75, 3.05) is 6.61 Å². The van der Waals surface area contributed by atoms with Crippen LogP contribution < -0.4 is 4.74 Å². The second-order valence-electron chi connectivity index (χ2n) is 4.67. The molecule has 0 aliphatic rings. The zero-order valence-electron chi connectivity index (χ0n) is 11.8. The van der Waals surface area contributed by atoms with E-state index in [1.807, 2.05) is 53.2 Å². The molecule has 0 aliphatic carbocycles. The summed E-state index contributed by atoms with van der Waals surface area (Å²) in [4.78, 5) is 10.5. The lowest BCUT2D eigenvalue weighted by Crippen LogP contribution is -2.02. The van der Waals surface area contributed by atoms with Crippen molar-refractivity contribution in [2.45, 2.75) is 19.4 Å². The van der Waals surface area contributed by atoms with Gasteiger partial charge < -0.3 is 14.4 Å². The summed E-state index contributed by atoms with van der Waals surface area (Å²) < 4.78 is 7.68. The van der Waals surface area contributed by atoms with Gasteiger partial charge in [-0.3, -0.25) is 0 Å². The summed E-state index contributed by atoms with van der Waals surface area (Å²) in [6, 6.07) is 13.6. The number of aromatic nitrogens is 1. The first-order chi connectivity index (χ1) is 10.3. The summed E-state index contributed by atoms with van der Waals surface area (Å²) >= 11 is 0. The highest BCUT2D eigenvalue weighted by Gasteiger charge is 1.99. The van der Waals surface area contributed by atoms with Crippen LogP contribution in [0.15, 0.2) is 54.7 Å². The van der Waals surface area contributed by atoms with Gasteiger partial charge in [0.1, 0.15) is 5.75 Å². The number of nitrogens with zero attached hydrogens (tertiary/aromatic N) is 1. The van der Waals surface area contributed by atoms with E-state index in [2.05, 4.69) is 0 Å². The van der Waals surface area contributed by atoms with Crippen molar-refractivity contribution in [3.8, 4) is 5.75 Å². The topological polar surface area (TPSA) is 51.5 Å². The van der Waals surface area contributed by atoms with Crippen molar-refractivity contribution >= 4 is 12.0 Å². The van der Waals surface area contributed by atoms with Crippen LogP contribution in [0.5, 0.6) is 5.75 Å². The molecule has 0 aliphatic heterocycles. The predicted octanol–water partition coefficient (Wildman–Crippen LogP) is 3.45. The first-order valence-corrected chi connectivity index (χ1v) is 7.00. The number of hydrogen-bond donors (Lipinski definition) is 1. The monoisotopic (exact) mass is 285 g/mol. The van der Waals surface area contributed by atoms with Crippen LogP contribution in [-0.4, -0.2) is 22.2 Å². The maximum absolute atomic E-state index is 10.5. The van der Waals surface area contributed by atoms with Crippen LogP contribution in [0.2, 0.25) is 0 Å². The highest BCUT2D eigenvalue weighted by Crippen LogP contribution is 2.10. The smallest absolute Gasteiger partial charge is 0.328 e. The molecule has 2 aromatic rings. The average Bonchev–Trinajstić information content (AvgIpc) is 2.93. The lowest BCUT2D eigenvalue weighted by molar-refractivity contribution is -0.131. The molecule has 0 spiro atoms. The van der Waals surface area contributed by atoms with Gasteiger partial charge in [0, 0.05) is 24.5 Å². The van der Waals surface area contributed by atoms with Gasteiger partial charge in [0.15, 0.2) is 0 Å². The third-order valence-corrected chi connectivity index (χ3v) is 3.07. The molecule has 0 saturated carbocycles. The first kappa shape index (κ1) is 14.9. The van der Waals surface area contributed by atoms with Crippen molar-refractivity contribution < 1.29 is 14.6 Å². The molecule has 0 amide bonds. The van der Waals surface area contributed by atoms with Crippen molar-refractivity contribution in [1.29, 1.82) is 0 Å². The van der Waals surface area contributed by atoms with Crippen LogP contribution in [0, 0.1) is 0 Å². The highest BCUT2D eigenvalue weighted by molar-refractivity contribution is 5.84. The van der Waals surface area contributed by atoms with Gasteiger partial charge in [0.2, 0.25) is 0 Å². The van der Waals surface area contributed by atoms with Crippen molar-refractivity contribution in [3.05, 3.63) is 60.4 Å². The summed E-state index contributed by atoms with van der Waals surface area (Å²) in [7, 11) is 0. The van der Waals surface area contributed by atoms with E-state index in [1.165, 1.54) is 0 Å². The minimum absolute atomic E-state index is 0.686. The van der Waals surface area contributed by atoms with E-state index in [9.17, 15) is 4.79 Å². The van der Waals surface area contributed by atoms with Gasteiger partial charge in [0.25, 0.3) is 0 Å². The second-order valence-corrected chi connectivity index (χ2v) is 4.67. The highest BCUT2D eigenvalue weighted by atomic mass is 16.5. The molecule has 0 bridgehead atoms. The van der Waals surface area contributed by atoms with E-state index in [-0.39, 0.29) is 0 Å². The maximum Gasteiger partial charge on any atom is 0.328 e. The molecule has 1 aromatic heterocycles. The Hall–Kier alpha value is -2.49. The molecule has 21 heavy (non-hydrogen) atoms. The summed E-state index contributed by atoms with van der Waals surface area (Å²) in [5, 5.41) is 8.64. The van der Waals surface area contributed by atoms with Crippen molar-refractivity contribution in [2.24, 2.45) is 0 Å². The zero-order valence-corrected chi connectivity index (χ0v) is 11.8. The number of carboxylic acid groups (broad SMARTS) is 1. The van der Waals surface area contributed by atoms with Crippen LogP contribution in [0.4, 0.5) is 0 Å². The molecule has 1 aromatic carbocycles. The van der Waals surface area contributed by atoms with Gasteiger partial charge in [-0.15, -0.1) is 0 Å². The van der Waals surface area contributed by atoms with Crippen molar-refractivity contribution in [3.63, 3.8) is 0 Å². The fourth-order valence-corrected chi connectivity index (χ4v) is 2.03. The maximum atomic E-state index is 10.5. The Kier molecular flexibility index (Phi) is 5.64. The lowest BCUT2D eigenvalue weighted by Gasteiger charge is -2.08. The Labute approximate surface area is 124 Å². The third-order valence-electron chi connectivity index (χ3n) is 3.07. The Morgan fingerprint density at radius 3 is 2.71 bits per heavy atom. The summed E-state index contributed by atoms with van der Waals surface area (Å²) in [6.07, 6.45) is 6.66. The van der Waals surface area contributed by atoms with Gasteiger partial charge in [0.05, 0.1) is 6.61 Å². The quantitative estimate of drug-likeness (QED) is 0.597. The molecule has 110 valence electrons. The number of aliphatic carboxylic acids is 1. The number of benzene rings is 1. The largest absolute Gasteiger partial charge is 0.494 e. The molecule has 0 radical (unpaired) electrons. The summed E-state index contributed by atoms with van der Waals surface area (Å²) in [5.74, 6) is -0.0393. The lowest BCUT2D eigenvalue weighted by atomic mass is 10.3. The van der Waals surface area contributed by atoms with Crippen LogP contribution in [0.1, 0.15) is 18.5 Å². The van der Waals surface area contributed by atoms with E-state index in [4.69, 9.17) is 9.84 Å². The van der Waals surface area contributed by atoms with Gasteiger partial charge in [-0.25, -0.2) is 4.79 Å². The van der Waals surface area contributed by atoms with Crippen LogP contribution in [-0.2, 0) is 11.3 Å². The molecule has 4 nitrogen and oxygen atoms in total. The minimum Gasteiger partial charge on any atom is -0.494 e. The molecular formula is C17H19NO3. The number of carbonyl (C=O) groups is 1. The van der Waals surface area contributed by atoms with Gasteiger partial charge in [-0.1, -0.05) is 18.2 Å². The van der Waals surface area contributed by atoms with Gasteiger partial charge in [-0.2, -0.15) is 0 Å². The Bertz CT molecular complexity index is 587. The molecule has 1 N–H and O–H groups in total. The fraction of sp³-hybridized carbons (Fsp3) is 0.235. The standard InChI is InChI=1S/C17H19NO3/c19-17(20)11-10-15-7-6-13-18(15)12-4-5-14-21-16-8-2-1-3-9-16/h1-3,6-11,13H,4-5,12,14H2,(H,19,20)/b11-10+. The van der Waals surface area contributed by atoms with Crippen molar-refractivity contribution in [1.82, 2.24) is 4.57 Å². The van der Waals surface area contributed by atoms with E-state index in [0.717, 1.165) is 36.9 Å². The molecular weight excluding hydrogens is 266 g/mol. The van der Waals surface area contributed by atoms with Crippen LogP contribution >= 0.6 is 0 Å². The van der Waals surface area contributed by atoms with E-state index < -0.39 is 5.97 Å². The number of hydrogen-bond acceptors (Lipinski definition) is 2. The first-order valence-electron chi connectivity index (χ1n) is 7.00. The Morgan fingerprint density at radius 2 is 1.95 bits per heavy atom. The summed E-state index contributed by atoms with van der Waals surface area (Å²) in [5.41, 5.74) is 0.904. The van der Waals surface area contributed by atoms with Gasteiger partial charge >= 0.3 is 5.97 Å². The van der Waals surface area contributed by atoms with E-state index >= 15 is 0 Å². The molecule has 0 atom stereocenters. The molecule has 0 saturated heterocycles. The van der Waals surface area contributed by atoms with E-state index in [0.29, 0.717) is 6.61 Å². The predicted molar refractivity (Wildman–Crippen MR) is 82.3 cm³/mol. The van der Waals surface area contributed by atoms with E-state index in [1.54, 1.807) is 6.08 Å². The minimum atomic E-state index is -0.931. The number of ether oxygens (including phenoxy) is 1. The fourth-order valence-electron chi connectivity index (χ4n) is 2.03. The second kappa shape index (κ2) is 7.94. The zero-order chi connectivity index (χ0) is 14.9. The number of unbranched alkanes of at least 4 members (excludes halogenated alkanes) is 1. The normalized spacial score (nSPS) is 10.9. The summed E-state index contributed by atoms with van der Waals surface area (Å²) in [6.45, 7) is 1.54. The SMILES string of the molecule is O=C(O)/C=C/c1cccn1CCCCOc1ccccc1. The molecule has 0 unspecified atom stereocenters. The van der Waals surface area contributed by atoms with Gasteiger partial charge in [-0.05, 0) is 43.2 Å². The third kappa shape index (κ3) is 5.18. The Balaban J connectivity index is 1.72.